The molecule has 0 saturated heterocycles. The van der Waals surface area contributed by atoms with Crippen LogP contribution in [0.5, 0.6) is 0 Å². The van der Waals surface area contributed by atoms with Crippen LogP contribution in [0.2, 0.25) is 38.2 Å². The predicted molar refractivity (Wildman–Crippen MR) is 381 cm³/mol. The van der Waals surface area contributed by atoms with Crippen LogP contribution >= 0.6 is 46.4 Å². The van der Waals surface area contributed by atoms with E-state index in [9.17, 15) is 45.9 Å². The summed E-state index contributed by atoms with van der Waals surface area (Å²) in [7, 11) is -1.50. The third kappa shape index (κ3) is 23.7. The number of nitrogens with zero attached hydrogens (tertiary/aromatic N) is 7. The van der Waals surface area contributed by atoms with E-state index in [-0.39, 0.29) is 108 Å². The monoisotopic (exact) mass is 1480 g/mol. The number of fused-ring (bicyclic) bond motifs is 1. The van der Waals surface area contributed by atoms with Gasteiger partial charge in [0.15, 0.2) is 25.7 Å². The Balaban J connectivity index is 0.000000352. The van der Waals surface area contributed by atoms with Gasteiger partial charge in [0.05, 0.1) is 68.2 Å². The summed E-state index contributed by atoms with van der Waals surface area (Å²) >= 11 is 23.2. The zero-order chi connectivity index (χ0) is 72.4. The van der Waals surface area contributed by atoms with Crippen molar-refractivity contribution < 1.29 is 65.3 Å². The number of nitrogens with one attached hydrogen (secondary N) is 3. The Morgan fingerprint density at radius 1 is 0.646 bits per heavy atom. The van der Waals surface area contributed by atoms with E-state index in [4.69, 9.17) is 71.5 Å². The minimum atomic E-state index is -2.00. The smallest absolute Gasteiger partial charge is 0.407 e. The number of aromatic nitrogens is 8. The van der Waals surface area contributed by atoms with E-state index in [1.807, 2.05) is 0 Å². The molecule has 2 amide bonds. The summed E-state index contributed by atoms with van der Waals surface area (Å²) in [5, 5.41) is 43.8. The first-order chi connectivity index (χ1) is 45.6. The topological polar surface area (TPSA) is 276 Å². The maximum absolute atomic E-state index is 13.7. The number of halogens is 9. The van der Waals surface area contributed by atoms with Crippen LogP contribution in [0.1, 0.15) is 157 Å². The lowest BCUT2D eigenvalue weighted by atomic mass is 10.1. The SMILES string of the molecule is C.C.CC(=O)c1cc(-c2ccc(F)c(Cl)c2)n[nH]1.CC(=O)c1cc(-c2ccc(F)c(Cl)c2)nn1C(CCO[Si](C)(C)C(C)(C)C)CNC(=O)OC(C)(C)C.CC(=O)c1cc(-c2ccc(F)c(Cl)c2)nn1C(CN)CCO.CF.O=C1NCC(CCO)n2nc(-c3ccc(F)c(Cl)c3)cc21. The van der Waals surface area contributed by atoms with Crippen molar-refractivity contribution in [3.05, 3.63) is 163 Å². The van der Waals surface area contributed by atoms with Gasteiger partial charge in [0.1, 0.15) is 51.6 Å². The van der Waals surface area contributed by atoms with Crippen LogP contribution in [-0.4, -0.2) is 140 Å². The molecule has 0 fully saturated rings. The van der Waals surface area contributed by atoms with Gasteiger partial charge in [-0.2, -0.15) is 20.4 Å². The fourth-order valence-electron chi connectivity index (χ4n) is 9.15. The third-order valence-corrected chi connectivity index (χ3v) is 21.0. The number of carbonyl (C=O) groups excluding carboxylic acids is 5. The van der Waals surface area contributed by atoms with Crippen molar-refractivity contribution >= 4 is 84.1 Å². The van der Waals surface area contributed by atoms with Crippen molar-refractivity contribution in [2.45, 2.75) is 138 Å². The molecule has 3 atom stereocenters. The molecule has 540 valence electrons. The molecule has 7 N–H and O–H groups in total. The fraction of sp³-hybridized carbons (Fsp3) is 0.406. The molecule has 3 unspecified atom stereocenters. The highest BCUT2D eigenvalue weighted by Gasteiger charge is 2.37. The number of benzene rings is 4. The summed E-state index contributed by atoms with van der Waals surface area (Å²) in [6, 6.07) is 22.9. The van der Waals surface area contributed by atoms with E-state index in [0.717, 1.165) is 0 Å². The van der Waals surface area contributed by atoms with E-state index < -0.39 is 43.3 Å². The normalized spacial score (nSPS) is 13.1. The Morgan fingerprint density at radius 3 is 1.45 bits per heavy atom. The number of alkyl carbamates (subject to hydrolysis) is 1. The van der Waals surface area contributed by atoms with E-state index in [0.29, 0.717) is 107 Å². The second kappa shape index (κ2) is 38.2. The molecule has 1 aliphatic rings. The first-order valence-corrected chi connectivity index (χ1v) is 34.9. The molecule has 0 saturated carbocycles. The molecule has 99 heavy (non-hydrogen) atoms. The number of H-pyrrole nitrogens is 1. The van der Waals surface area contributed by atoms with Crippen molar-refractivity contribution in [1.82, 2.24) is 50.2 Å². The molecule has 0 bridgehead atoms. The molecule has 0 radical (unpaired) electrons. The van der Waals surface area contributed by atoms with E-state index in [2.05, 4.69) is 70.0 Å². The summed E-state index contributed by atoms with van der Waals surface area (Å²) < 4.78 is 79.1. The highest BCUT2D eigenvalue weighted by molar-refractivity contribution is 6.74. The van der Waals surface area contributed by atoms with Gasteiger partial charge in [-0.05, 0) is 155 Å². The van der Waals surface area contributed by atoms with E-state index in [1.165, 1.54) is 74.0 Å². The Labute approximate surface area is 595 Å². The van der Waals surface area contributed by atoms with Gasteiger partial charge >= 0.3 is 6.09 Å². The number of hydrogen-bond donors (Lipinski definition) is 6. The van der Waals surface area contributed by atoms with Crippen LogP contribution in [0.15, 0.2) is 97.1 Å². The molecule has 20 nitrogen and oxygen atoms in total. The molecule has 5 heterocycles. The lowest BCUT2D eigenvalue weighted by molar-refractivity contribution is 0.0515. The van der Waals surface area contributed by atoms with Crippen LogP contribution in [-0.2, 0) is 9.16 Å². The highest BCUT2D eigenvalue weighted by Crippen LogP contribution is 2.38. The van der Waals surface area contributed by atoms with Crippen LogP contribution in [0, 0.1) is 23.3 Å². The molecule has 1 aliphatic heterocycles. The zero-order valence-electron chi connectivity index (χ0n) is 55.7. The Kier molecular flexibility index (Phi) is 33.0. The van der Waals surface area contributed by atoms with Gasteiger partial charge in [0.25, 0.3) is 5.91 Å². The number of alkyl halides is 1. The molecular weight excluding hydrogens is 1390 g/mol. The van der Waals surface area contributed by atoms with Gasteiger partial charge < -0.3 is 35.7 Å². The second-order valence-corrected chi connectivity index (χ2v) is 31.1. The predicted octanol–water partition coefficient (Wildman–Crippen LogP) is 16.4. The van der Waals surface area contributed by atoms with Crippen LogP contribution < -0.4 is 16.4 Å². The highest BCUT2D eigenvalue weighted by atomic mass is 35.5. The lowest BCUT2D eigenvalue weighted by Crippen LogP contribution is -2.42. The number of rotatable bonds is 20. The van der Waals surface area contributed by atoms with Crippen molar-refractivity contribution in [2.24, 2.45) is 5.73 Å². The molecule has 30 heteroatoms. The van der Waals surface area contributed by atoms with Gasteiger partial charge in [-0.25, -0.2) is 22.4 Å². The molecule has 0 aliphatic carbocycles. The van der Waals surface area contributed by atoms with Crippen LogP contribution in [0.25, 0.3) is 45.0 Å². The lowest BCUT2D eigenvalue weighted by Gasteiger charge is -2.36. The minimum Gasteiger partial charge on any atom is -0.444 e. The van der Waals surface area contributed by atoms with Gasteiger partial charge in [-0.3, -0.25) is 42.7 Å². The first-order valence-electron chi connectivity index (χ1n) is 30.4. The number of ketones is 3. The number of ether oxygens (including phenoxy) is 1. The van der Waals surface area contributed by atoms with Crippen molar-refractivity contribution in [3.8, 4) is 45.0 Å². The Hall–Kier alpha value is -7.66. The minimum absolute atomic E-state index is 0. The number of aliphatic hydroxyl groups excluding tert-OH is 2. The molecule has 9 rings (SSSR count). The Morgan fingerprint density at radius 2 is 1.08 bits per heavy atom. The standard InChI is InChI=1S/C26H39ClFN3O4Si.C15H17ClFN3O2.C14H13ClFN3O2.C11H8ClFN2O.CH3F.2CH4/c1-17(32)23-15-22(18-10-11-21(28)20(27)14-18)30-31(23)19(16-29-24(33)35-25(2,3)4)12-13-34-36(8,9)26(5,6)7;1-9(22)15-7-14(10-2-3-13(17)12(16)6-10)19-20(15)11(8-18)4-5-21;15-10-5-8(1-2-11(10)16)12-6-13-14(21)17-7-9(3-4-20)19(13)18-12;1-6(16)10-5-11(15-14-10)7-2-3-9(13)8(12)4-7;1-2;;/h10-11,14-15,19H,12-13,16H2,1-9H3,(H,29,33);2-3,6-7,11,21H,4-5,8,18H2,1H3;1-2,5-6,9,20H,3-4,7H2,(H,17,21);2-5H,1H3,(H,14,15);1H3;2*1H4. The van der Waals surface area contributed by atoms with Gasteiger partial charge in [-0.1, -0.05) is 82.0 Å². The molecule has 4 aromatic heterocycles. The van der Waals surface area contributed by atoms with Crippen molar-refractivity contribution in [3.63, 3.8) is 0 Å². The third-order valence-electron chi connectivity index (χ3n) is 15.3. The zero-order valence-corrected chi connectivity index (χ0v) is 59.7. The summed E-state index contributed by atoms with van der Waals surface area (Å²) in [6.45, 7) is 21.8. The number of carbonyl (C=O) groups is 5. The second-order valence-electron chi connectivity index (χ2n) is 24.6. The number of amides is 2. The first kappa shape index (κ1) is 85.6. The maximum atomic E-state index is 13.7. The maximum Gasteiger partial charge on any atom is 0.407 e. The quantitative estimate of drug-likeness (QED) is 0.0235. The van der Waals surface area contributed by atoms with Crippen LogP contribution in [0.3, 0.4) is 0 Å². The Bertz CT molecular complexity index is 4040. The van der Waals surface area contributed by atoms with Gasteiger partial charge in [0.2, 0.25) is 0 Å². The summed E-state index contributed by atoms with van der Waals surface area (Å²) in [4.78, 5) is 59.7. The van der Waals surface area contributed by atoms with Crippen molar-refractivity contribution in [1.29, 1.82) is 0 Å². The summed E-state index contributed by atoms with van der Waals surface area (Å²) in [5.41, 5.74) is 11.2. The van der Waals surface area contributed by atoms with Crippen LogP contribution in [0.4, 0.5) is 26.7 Å². The molecule has 8 aromatic rings. The molecule has 0 spiro atoms. The van der Waals surface area contributed by atoms with Gasteiger partial charge in [-0.15, -0.1) is 0 Å². The number of hydrogen-bond acceptors (Lipinski definition) is 14. The van der Waals surface area contributed by atoms with E-state index >= 15 is 0 Å². The number of aromatic amines is 1. The number of nitrogens with two attached hydrogens (primary N) is 1. The number of Topliss-reactive ketones (excluding diaryl/α,β-unsaturated/α-hetero) is 3. The van der Waals surface area contributed by atoms with E-state index in [1.54, 1.807) is 78.7 Å². The molecular formula is C69H88Cl4F5N11O9Si. The number of aliphatic hydroxyl groups is 2. The largest absolute Gasteiger partial charge is 0.444 e. The average Bonchev–Trinajstić information content (AvgIpc) is 1.67. The van der Waals surface area contributed by atoms with Gasteiger partial charge in [0, 0.05) is 82.5 Å². The molecule has 4 aromatic carbocycles. The van der Waals surface area contributed by atoms with Crippen molar-refractivity contribution in [2.75, 3.05) is 46.6 Å². The fourth-order valence-corrected chi connectivity index (χ4v) is 10.9. The summed E-state index contributed by atoms with van der Waals surface area (Å²) in [5.74, 6) is -2.69. The summed E-state index contributed by atoms with van der Waals surface area (Å²) in [6.07, 6.45) is 0.842. The average molecular weight is 1480 g/mol.